The monoisotopic (exact) mass is 214 g/mol. The molecule has 0 aromatic heterocycles. The van der Waals surface area contributed by atoms with Crippen LogP contribution in [0.1, 0.15) is 45.4 Å². The van der Waals surface area contributed by atoms with Gasteiger partial charge in [-0.3, -0.25) is 9.59 Å². The van der Waals surface area contributed by atoms with E-state index in [1.54, 1.807) is 0 Å². The van der Waals surface area contributed by atoms with Gasteiger partial charge in [-0.1, -0.05) is 39.0 Å². The summed E-state index contributed by atoms with van der Waals surface area (Å²) in [4.78, 5) is 21.8. The Morgan fingerprint density at radius 1 is 0.933 bits per heavy atom. The summed E-state index contributed by atoms with van der Waals surface area (Å²) in [5, 5.41) is 4.86. The first-order valence-corrected chi connectivity index (χ1v) is 5.72. The van der Waals surface area contributed by atoms with Crippen molar-refractivity contribution in [1.29, 1.82) is 0 Å². The highest BCUT2D eigenvalue weighted by Crippen LogP contribution is 2.03. The molecule has 0 aliphatic heterocycles. The molecule has 0 aliphatic carbocycles. The second kappa shape index (κ2) is 9.49. The summed E-state index contributed by atoms with van der Waals surface area (Å²) in [5.41, 5.74) is 0. The topological polar surface area (TPSA) is 58.2 Å². The van der Waals surface area contributed by atoms with Gasteiger partial charge in [0.15, 0.2) is 0 Å². The highest BCUT2D eigenvalue weighted by molar-refractivity contribution is 6.34. The predicted molar refractivity (Wildman–Crippen MR) is 60.5 cm³/mol. The summed E-state index contributed by atoms with van der Waals surface area (Å²) in [6.45, 7) is 2.78. The van der Waals surface area contributed by atoms with E-state index in [0.717, 1.165) is 12.8 Å². The number of nitrogens with one attached hydrogen (secondary N) is 2. The number of rotatable bonds is 7. The van der Waals surface area contributed by atoms with E-state index in [4.69, 9.17) is 0 Å². The van der Waals surface area contributed by atoms with Crippen molar-refractivity contribution in [2.75, 3.05) is 13.6 Å². The van der Waals surface area contributed by atoms with Crippen molar-refractivity contribution in [2.45, 2.75) is 45.4 Å². The summed E-state index contributed by atoms with van der Waals surface area (Å²) >= 11 is 0. The van der Waals surface area contributed by atoms with Crippen molar-refractivity contribution < 1.29 is 9.59 Å². The van der Waals surface area contributed by atoms with Crippen LogP contribution in [0.25, 0.3) is 0 Å². The average molecular weight is 214 g/mol. The fraction of sp³-hybridized carbons (Fsp3) is 0.818. The van der Waals surface area contributed by atoms with E-state index < -0.39 is 11.8 Å². The van der Waals surface area contributed by atoms with Crippen LogP contribution in [0.2, 0.25) is 0 Å². The third kappa shape index (κ3) is 7.97. The quantitative estimate of drug-likeness (QED) is 0.494. The molecule has 0 spiro atoms. The molecule has 4 nitrogen and oxygen atoms in total. The molecular formula is C11H22N2O2. The minimum absolute atomic E-state index is 0.536. The second-order valence-corrected chi connectivity index (χ2v) is 3.60. The zero-order valence-electron chi connectivity index (χ0n) is 9.77. The fourth-order valence-corrected chi connectivity index (χ4v) is 1.30. The number of hydrogen-bond donors (Lipinski definition) is 2. The van der Waals surface area contributed by atoms with Crippen LogP contribution in [-0.4, -0.2) is 25.4 Å². The first kappa shape index (κ1) is 13.9. The van der Waals surface area contributed by atoms with Crippen molar-refractivity contribution in [3.8, 4) is 0 Å². The molecule has 0 unspecified atom stereocenters. The molecule has 15 heavy (non-hydrogen) atoms. The van der Waals surface area contributed by atoms with Crippen molar-refractivity contribution in [3.05, 3.63) is 0 Å². The van der Waals surface area contributed by atoms with Crippen LogP contribution in [0.4, 0.5) is 0 Å². The van der Waals surface area contributed by atoms with Gasteiger partial charge in [-0.15, -0.1) is 0 Å². The molecule has 2 amide bonds. The van der Waals surface area contributed by atoms with Gasteiger partial charge < -0.3 is 10.6 Å². The normalized spacial score (nSPS) is 9.73. The van der Waals surface area contributed by atoms with E-state index in [1.807, 2.05) is 0 Å². The maximum atomic E-state index is 11.0. The zero-order chi connectivity index (χ0) is 11.5. The molecule has 4 heteroatoms. The fourth-order valence-electron chi connectivity index (χ4n) is 1.30. The molecule has 0 aromatic carbocycles. The Morgan fingerprint density at radius 3 is 2.13 bits per heavy atom. The lowest BCUT2D eigenvalue weighted by atomic mass is 10.1. The van der Waals surface area contributed by atoms with Crippen LogP contribution in [-0.2, 0) is 9.59 Å². The van der Waals surface area contributed by atoms with E-state index in [2.05, 4.69) is 17.6 Å². The summed E-state index contributed by atoms with van der Waals surface area (Å²) in [7, 11) is 1.45. The van der Waals surface area contributed by atoms with E-state index in [1.165, 1.54) is 32.7 Å². The molecule has 0 aromatic rings. The van der Waals surface area contributed by atoms with Crippen molar-refractivity contribution in [1.82, 2.24) is 10.6 Å². The first-order valence-electron chi connectivity index (χ1n) is 5.72. The van der Waals surface area contributed by atoms with Gasteiger partial charge in [0, 0.05) is 13.6 Å². The van der Waals surface area contributed by atoms with Crippen LogP contribution >= 0.6 is 0 Å². The van der Waals surface area contributed by atoms with E-state index >= 15 is 0 Å². The highest BCUT2D eigenvalue weighted by atomic mass is 16.2. The average Bonchev–Trinajstić information content (AvgIpc) is 2.26. The second-order valence-electron chi connectivity index (χ2n) is 3.60. The summed E-state index contributed by atoms with van der Waals surface area (Å²) < 4.78 is 0. The predicted octanol–water partition coefficient (Wildman–Crippen LogP) is 1.21. The van der Waals surface area contributed by atoms with E-state index in [0.29, 0.717) is 6.54 Å². The largest absolute Gasteiger partial charge is 0.351 e. The van der Waals surface area contributed by atoms with Crippen molar-refractivity contribution in [2.24, 2.45) is 0 Å². The SMILES string of the molecule is CCCCCCCCNC(=O)C(=O)NC. The molecule has 0 radical (unpaired) electrons. The number of unbranched alkanes of at least 4 members (excludes halogenated alkanes) is 5. The lowest BCUT2D eigenvalue weighted by molar-refractivity contribution is -0.138. The van der Waals surface area contributed by atoms with Crippen molar-refractivity contribution >= 4 is 11.8 Å². The number of amides is 2. The molecule has 88 valence electrons. The Balaban J connectivity index is 3.24. The van der Waals surface area contributed by atoms with Gasteiger partial charge in [0.1, 0.15) is 0 Å². The Hall–Kier alpha value is -1.06. The van der Waals surface area contributed by atoms with Gasteiger partial charge in [-0.05, 0) is 6.42 Å². The van der Waals surface area contributed by atoms with Crippen LogP contribution in [0.3, 0.4) is 0 Å². The molecule has 0 rings (SSSR count). The van der Waals surface area contributed by atoms with Gasteiger partial charge in [0.2, 0.25) is 0 Å². The number of carbonyl (C=O) groups excluding carboxylic acids is 2. The Labute approximate surface area is 91.8 Å². The Morgan fingerprint density at radius 2 is 1.53 bits per heavy atom. The third-order valence-electron chi connectivity index (χ3n) is 2.25. The van der Waals surface area contributed by atoms with E-state index in [9.17, 15) is 9.59 Å². The van der Waals surface area contributed by atoms with Crippen LogP contribution < -0.4 is 10.6 Å². The molecule has 0 atom stereocenters. The van der Waals surface area contributed by atoms with Gasteiger partial charge in [-0.2, -0.15) is 0 Å². The standard InChI is InChI=1S/C11H22N2O2/c1-3-4-5-6-7-8-9-13-11(15)10(14)12-2/h3-9H2,1-2H3,(H,12,14)(H,13,15). The Bertz CT molecular complexity index is 193. The maximum Gasteiger partial charge on any atom is 0.309 e. The molecular weight excluding hydrogens is 192 g/mol. The number of hydrogen-bond acceptors (Lipinski definition) is 2. The molecule has 0 saturated carbocycles. The zero-order valence-corrected chi connectivity index (χ0v) is 9.77. The number of carbonyl (C=O) groups is 2. The lowest BCUT2D eigenvalue weighted by Gasteiger charge is -2.03. The lowest BCUT2D eigenvalue weighted by Crippen LogP contribution is -2.38. The smallest absolute Gasteiger partial charge is 0.309 e. The molecule has 2 N–H and O–H groups in total. The van der Waals surface area contributed by atoms with Gasteiger partial charge in [0.05, 0.1) is 0 Å². The molecule has 0 fully saturated rings. The summed E-state index contributed by atoms with van der Waals surface area (Å²) in [5.74, 6) is -1.10. The minimum atomic E-state index is -0.569. The van der Waals surface area contributed by atoms with Crippen LogP contribution in [0, 0.1) is 0 Å². The molecule has 0 bridgehead atoms. The van der Waals surface area contributed by atoms with Crippen molar-refractivity contribution in [3.63, 3.8) is 0 Å². The molecule has 0 aliphatic rings. The molecule has 0 saturated heterocycles. The van der Waals surface area contributed by atoms with Gasteiger partial charge >= 0.3 is 11.8 Å². The third-order valence-corrected chi connectivity index (χ3v) is 2.25. The molecule has 0 heterocycles. The number of likely N-dealkylation sites (N-methyl/N-ethyl adjacent to an activating group) is 1. The van der Waals surface area contributed by atoms with Crippen LogP contribution in [0.15, 0.2) is 0 Å². The Kier molecular flexibility index (Phi) is 8.82. The first-order chi connectivity index (χ1) is 7.22. The van der Waals surface area contributed by atoms with Crippen LogP contribution in [0.5, 0.6) is 0 Å². The highest BCUT2D eigenvalue weighted by Gasteiger charge is 2.08. The van der Waals surface area contributed by atoms with Gasteiger partial charge in [0.25, 0.3) is 0 Å². The van der Waals surface area contributed by atoms with E-state index in [-0.39, 0.29) is 0 Å². The van der Waals surface area contributed by atoms with Gasteiger partial charge in [-0.25, -0.2) is 0 Å². The minimum Gasteiger partial charge on any atom is -0.351 e. The maximum absolute atomic E-state index is 11.0. The summed E-state index contributed by atoms with van der Waals surface area (Å²) in [6, 6.07) is 0. The summed E-state index contributed by atoms with van der Waals surface area (Å²) in [6.07, 6.45) is 7.07.